The first-order chi connectivity index (χ1) is 13.2. The predicted octanol–water partition coefficient (Wildman–Crippen LogP) is 3.25. The first kappa shape index (κ1) is 19.0. The summed E-state index contributed by atoms with van der Waals surface area (Å²) in [6.07, 6.45) is 2.29. The number of hydrogen-bond acceptors (Lipinski definition) is 6. The summed E-state index contributed by atoms with van der Waals surface area (Å²) in [4.78, 5) is 20.3. The fourth-order valence-electron chi connectivity index (χ4n) is 2.32. The van der Waals surface area contributed by atoms with Crippen LogP contribution in [-0.4, -0.2) is 33.3 Å². The van der Waals surface area contributed by atoms with E-state index in [1.807, 2.05) is 18.2 Å². The maximum atomic E-state index is 13.5. The molecule has 27 heavy (non-hydrogen) atoms. The quantitative estimate of drug-likeness (QED) is 0.569. The Kier molecular flexibility index (Phi) is 6.92. The Morgan fingerprint density at radius 1 is 1.19 bits per heavy atom. The molecular formula is C19H19FN4O2S. The first-order valence-electron chi connectivity index (χ1n) is 8.54. The molecule has 1 N–H and O–H groups in total. The molecule has 0 aliphatic heterocycles. The second-order valence-corrected chi connectivity index (χ2v) is 6.83. The summed E-state index contributed by atoms with van der Waals surface area (Å²) in [6.45, 7) is 0.529. The zero-order chi connectivity index (χ0) is 18.9. The number of carbonyl (C=O) groups is 1. The lowest BCUT2D eigenvalue weighted by Gasteiger charge is -2.05. The van der Waals surface area contributed by atoms with Crippen LogP contribution in [0.4, 0.5) is 4.39 Å². The van der Waals surface area contributed by atoms with Crippen LogP contribution in [0, 0.1) is 5.82 Å². The summed E-state index contributed by atoms with van der Waals surface area (Å²) in [5.74, 6) is 1.83. The molecule has 3 rings (SSSR count). The van der Waals surface area contributed by atoms with Crippen molar-refractivity contribution in [3.8, 4) is 11.5 Å². The normalized spacial score (nSPS) is 10.7. The molecule has 0 saturated heterocycles. The van der Waals surface area contributed by atoms with E-state index < -0.39 is 0 Å². The van der Waals surface area contributed by atoms with Gasteiger partial charge in [-0.2, -0.15) is 16.7 Å². The third-order valence-electron chi connectivity index (χ3n) is 3.71. The van der Waals surface area contributed by atoms with Crippen molar-refractivity contribution < 1.29 is 13.7 Å². The highest BCUT2D eigenvalue weighted by Gasteiger charge is 2.11. The van der Waals surface area contributed by atoms with Crippen LogP contribution in [-0.2, 0) is 17.0 Å². The Bertz CT molecular complexity index is 873. The van der Waals surface area contributed by atoms with Gasteiger partial charge in [-0.25, -0.2) is 4.39 Å². The van der Waals surface area contributed by atoms with Crippen molar-refractivity contribution in [1.29, 1.82) is 0 Å². The number of aryl methyl sites for hydroxylation is 1. The third kappa shape index (κ3) is 5.89. The molecule has 1 aromatic carbocycles. The first-order valence-corrected chi connectivity index (χ1v) is 9.69. The highest BCUT2D eigenvalue weighted by atomic mass is 32.2. The fraction of sp³-hybridized carbons (Fsp3) is 0.263. The van der Waals surface area contributed by atoms with Gasteiger partial charge in [-0.05, 0) is 23.8 Å². The van der Waals surface area contributed by atoms with Crippen LogP contribution >= 0.6 is 11.8 Å². The minimum Gasteiger partial charge on any atom is -0.355 e. The van der Waals surface area contributed by atoms with Crippen LogP contribution in [0.1, 0.15) is 17.9 Å². The number of nitrogens with zero attached hydrogens (tertiary/aromatic N) is 3. The molecule has 3 aromatic rings. The Morgan fingerprint density at radius 3 is 2.85 bits per heavy atom. The molecule has 0 fully saturated rings. The lowest BCUT2D eigenvalue weighted by Crippen LogP contribution is -2.26. The van der Waals surface area contributed by atoms with Gasteiger partial charge in [-0.1, -0.05) is 29.4 Å². The Balaban J connectivity index is 1.33. The molecule has 0 saturated carbocycles. The van der Waals surface area contributed by atoms with Gasteiger partial charge in [0.2, 0.25) is 17.6 Å². The highest BCUT2D eigenvalue weighted by molar-refractivity contribution is 7.98. The van der Waals surface area contributed by atoms with E-state index in [1.165, 1.54) is 6.07 Å². The zero-order valence-corrected chi connectivity index (χ0v) is 15.4. The molecule has 0 aliphatic carbocycles. The van der Waals surface area contributed by atoms with Crippen molar-refractivity contribution >= 4 is 17.7 Å². The number of nitrogens with one attached hydrogen (secondary N) is 1. The van der Waals surface area contributed by atoms with Crippen LogP contribution in [0.5, 0.6) is 0 Å². The second kappa shape index (κ2) is 9.82. The second-order valence-electron chi connectivity index (χ2n) is 5.72. The van der Waals surface area contributed by atoms with Crippen LogP contribution in [0.25, 0.3) is 11.5 Å². The monoisotopic (exact) mass is 386 g/mol. The van der Waals surface area contributed by atoms with Gasteiger partial charge in [0.15, 0.2) is 0 Å². The Hall–Kier alpha value is -2.74. The molecule has 0 atom stereocenters. The van der Waals surface area contributed by atoms with Crippen LogP contribution in [0.3, 0.4) is 0 Å². The molecule has 1 amide bonds. The van der Waals surface area contributed by atoms with E-state index in [0.717, 1.165) is 0 Å². The standard InChI is InChI=1S/C19H19FN4O2S/c20-15-6-2-1-5-14(15)13-27-12-11-22-17(25)8-9-18-23-19(24-26-18)16-7-3-4-10-21-16/h1-7,10H,8-9,11-13H2,(H,22,25). The van der Waals surface area contributed by atoms with E-state index in [2.05, 4.69) is 20.4 Å². The summed E-state index contributed by atoms with van der Waals surface area (Å²) < 4.78 is 18.6. The predicted molar refractivity (Wildman–Crippen MR) is 101 cm³/mol. The van der Waals surface area contributed by atoms with Crippen molar-refractivity contribution in [2.24, 2.45) is 0 Å². The summed E-state index contributed by atoms with van der Waals surface area (Å²) in [6, 6.07) is 12.2. The lowest BCUT2D eigenvalue weighted by molar-refractivity contribution is -0.121. The van der Waals surface area contributed by atoms with Crippen molar-refractivity contribution in [3.05, 3.63) is 65.9 Å². The maximum Gasteiger partial charge on any atom is 0.227 e. The molecule has 0 bridgehead atoms. The fourth-order valence-corrected chi connectivity index (χ4v) is 3.17. The van der Waals surface area contributed by atoms with Crippen LogP contribution < -0.4 is 5.32 Å². The van der Waals surface area contributed by atoms with Gasteiger partial charge in [0, 0.05) is 37.1 Å². The molecule has 0 unspecified atom stereocenters. The number of amides is 1. The minimum atomic E-state index is -0.196. The average Bonchev–Trinajstić information content (AvgIpc) is 3.17. The average molecular weight is 386 g/mol. The summed E-state index contributed by atoms with van der Waals surface area (Å²) in [7, 11) is 0. The molecule has 8 heteroatoms. The Labute approximate surface area is 160 Å². The van der Waals surface area contributed by atoms with E-state index >= 15 is 0 Å². The van der Waals surface area contributed by atoms with Gasteiger partial charge >= 0.3 is 0 Å². The summed E-state index contributed by atoms with van der Waals surface area (Å²) >= 11 is 1.58. The molecule has 2 heterocycles. The summed E-state index contributed by atoms with van der Waals surface area (Å²) in [5, 5.41) is 6.71. The number of aromatic nitrogens is 3. The number of hydrogen-bond donors (Lipinski definition) is 1. The number of rotatable bonds is 9. The van der Waals surface area contributed by atoms with E-state index in [9.17, 15) is 9.18 Å². The molecule has 0 radical (unpaired) electrons. The topological polar surface area (TPSA) is 80.9 Å². The van der Waals surface area contributed by atoms with Gasteiger partial charge in [0.05, 0.1) is 0 Å². The van der Waals surface area contributed by atoms with Gasteiger partial charge in [0.1, 0.15) is 11.5 Å². The molecule has 6 nitrogen and oxygen atoms in total. The van der Waals surface area contributed by atoms with E-state index in [0.29, 0.717) is 47.4 Å². The van der Waals surface area contributed by atoms with Gasteiger partial charge in [0.25, 0.3) is 0 Å². The number of carbonyl (C=O) groups excluding carboxylic acids is 1. The molecule has 0 aliphatic rings. The largest absolute Gasteiger partial charge is 0.355 e. The van der Waals surface area contributed by atoms with Gasteiger partial charge in [-0.3, -0.25) is 9.78 Å². The molecular weight excluding hydrogens is 367 g/mol. The smallest absolute Gasteiger partial charge is 0.227 e. The van der Waals surface area contributed by atoms with E-state index in [-0.39, 0.29) is 18.1 Å². The third-order valence-corrected chi connectivity index (χ3v) is 4.72. The molecule has 2 aromatic heterocycles. The number of pyridine rings is 1. The highest BCUT2D eigenvalue weighted by Crippen LogP contribution is 2.15. The number of benzene rings is 1. The van der Waals surface area contributed by atoms with Crippen LogP contribution in [0.2, 0.25) is 0 Å². The minimum absolute atomic E-state index is 0.0842. The van der Waals surface area contributed by atoms with Crippen molar-refractivity contribution in [1.82, 2.24) is 20.4 Å². The lowest BCUT2D eigenvalue weighted by atomic mass is 10.2. The van der Waals surface area contributed by atoms with Gasteiger partial charge < -0.3 is 9.84 Å². The van der Waals surface area contributed by atoms with E-state index in [4.69, 9.17) is 4.52 Å². The van der Waals surface area contributed by atoms with Crippen molar-refractivity contribution in [3.63, 3.8) is 0 Å². The summed E-state index contributed by atoms with van der Waals surface area (Å²) in [5.41, 5.74) is 1.30. The van der Waals surface area contributed by atoms with Crippen LogP contribution in [0.15, 0.2) is 53.2 Å². The SMILES string of the molecule is O=C(CCc1nc(-c2ccccn2)no1)NCCSCc1ccccc1F. The Morgan fingerprint density at radius 2 is 2.04 bits per heavy atom. The van der Waals surface area contributed by atoms with Crippen molar-refractivity contribution in [2.45, 2.75) is 18.6 Å². The molecule has 0 spiro atoms. The maximum absolute atomic E-state index is 13.5. The van der Waals surface area contributed by atoms with Crippen molar-refractivity contribution in [2.75, 3.05) is 12.3 Å². The molecule has 140 valence electrons. The zero-order valence-electron chi connectivity index (χ0n) is 14.6. The number of thioether (sulfide) groups is 1. The van der Waals surface area contributed by atoms with E-state index in [1.54, 1.807) is 36.2 Å². The number of halogens is 1. The van der Waals surface area contributed by atoms with Gasteiger partial charge in [-0.15, -0.1) is 0 Å².